The van der Waals surface area contributed by atoms with Crippen LogP contribution in [0.5, 0.6) is 0 Å². The molecule has 0 bridgehead atoms. The molecule has 7 nitrogen and oxygen atoms in total. The van der Waals surface area contributed by atoms with Crippen LogP contribution >= 0.6 is 0 Å². The monoisotopic (exact) mass is 464 g/mol. The van der Waals surface area contributed by atoms with E-state index in [4.69, 9.17) is 4.74 Å². The van der Waals surface area contributed by atoms with Gasteiger partial charge in [0.2, 0.25) is 5.91 Å². The highest BCUT2D eigenvalue weighted by Gasteiger charge is 2.32. The van der Waals surface area contributed by atoms with E-state index in [1.807, 2.05) is 24.3 Å². The van der Waals surface area contributed by atoms with Gasteiger partial charge in [0, 0.05) is 31.5 Å². The summed E-state index contributed by atoms with van der Waals surface area (Å²) in [6, 6.07) is 16.0. The van der Waals surface area contributed by atoms with Crippen LogP contribution in [0.15, 0.2) is 48.5 Å². The Labute approximate surface area is 200 Å². The second kappa shape index (κ2) is 10.7. The molecule has 2 unspecified atom stereocenters. The number of carbonyl (C=O) groups excluding carboxylic acids is 2. The van der Waals surface area contributed by atoms with E-state index in [0.29, 0.717) is 19.4 Å². The largest absolute Gasteiger partial charge is 0.481 e. The Balaban J connectivity index is 1.35. The zero-order valence-corrected chi connectivity index (χ0v) is 19.5. The molecule has 7 heteroatoms. The van der Waals surface area contributed by atoms with Crippen molar-refractivity contribution in [3.8, 4) is 11.1 Å². The first-order chi connectivity index (χ1) is 16.5. The molecule has 2 aromatic rings. The number of benzene rings is 2. The van der Waals surface area contributed by atoms with Gasteiger partial charge in [-0.2, -0.15) is 0 Å². The van der Waals surface area contributed by atoms with Gasteiger partial charge in [0.05, 0.1) is 5.92 Å². The average molecular weight is 465 g/mol. The number of nitrogens with zero attached hydrogens (tertiary/aromatic N) is 1. The molecule has 180 valence electrons. The third kappa shape index (κ3) is 5.24. The Bertz CT molecular complexity index is 1010. The van der Waals surface area contributed by atoms with E-state index in [1.54, 1.807) is 4.90 Å². The van der Waals surface area contributed by atoms with E-state index in [1.165, 1.54) is 11.1 Å². The summed E-state index contributed by atoms with van der Waals surface area (Å²) in [4.78, 5) is 38.3. The Morgan fingerprint density at radius 3 is 2.32 bits per heavy atom. The Morgan fingerprint density at radius 1 is 1.09 bits per heavy atom. The van der Waals surface area contributed by atoms with Gasteiger partial charge >= 0.3 is 12.1 Å². The number of unbranched alkanes of at least 4 members (excludes halogenated alkanes) is 1. The summed E-state index contributed by atoms with van der Waals surface area (Å²) < 4.78 is 5.65. The van der Waals surface area contributed by atoms with Crippen LogP contribution in [0.1, 0.15) is 56.1 Å². The summed E-state index contributed by atoms with van der Waals surface area (Å²) >= 11 is 0. The molecule has 2 aromatic carbocycles. The topological polar surface area (TPSA) is 95.9 Å². The van der Waals surface area contributed by atoms with E-state index in [0.717, 1.165) is 24.0 Å². The van der Waals surface area contributed by atoms with Crippen LogP contribution in [-0.4, -0.2) is 53.7 Å². The highest BCUT2D eigenvalue weighted by atomic mass is 16.5. The minimum atomic E-state index is -0.866. The maximum Gasteiger partial charge on any atom is 0.407 e. The van der Waals surface area contributed by atoms with Gasteiger partial charge in [-0.3, -0.25) is 9.59 Å². The molecule has 2 aliphatic rings. The summed E-state index contributed by atoms with van der Waals surface area (Å²) in [6.07, 6.45) is 2.58. The number of nitrogens with one attached hydrogen (secondary N) is 1. The smallest absolute Gasteiger partial charge is 0.407 e. The fourth-order valence-corrected chi connectivity index (χ4v) is 5.01. The second-order valence-electron chi connectivity index (χ2n) is 9.18. The van der Waals surface area contributed by atoms with Crippen molar-refractivity contribution in [2.75, 3.05) is 19.7 Å². The van der Waals surface area contributed by atoms with Gasteiger partial charge in [-0.1, -0.05) is 68.3 Å². The summed E-state index contributed by atoms with van der Waals surface area (Å²) in [7, 11) is 0. The molecular formula is C27H32N2O5. The molecule has 0 spiro atoms. The second-order valence-corrected chi connectivity index (χ2v) is 9.18. The Hall–Kier alpha value is -3.35. The van der Waals surface area contributed by atoms with Crippen molar-refractivity contribution in [2.24, 2.45) is 5.92 Å². The van der Waals surface area contributed by atoms with Crippen molar-refractivity contribution in [3.63, 3.8) is 0 Å². The predicted molar refractivity (Wildman–Crippen MR) is 128 cm³/mol. The molecule has 0 radical (unpaired) electrons. The first-order valence-electron chi connectivity index (χ1n) is 12.1. The van der Waals surface area contributed by atoms with Crippen LogP contribution in [0, 0.1) is 5.92 Å². The van der Waals surface area contributed by atoms with Gasteiger partial charge in [-0.15, -0.1) is 0 Å². The maximum absolute atomic E-state index is 12.8. The molecule has 1 saturated heterocycles. The number of likely N-dealkylation sites (tertiary alicyclic amines) is 1. The minimum Gasteiger partial charge on any atom is -0.481 e. The molecule has 2 N–H and O–H groups in total. The van der Waals surface area contributed by atoms with Crippen LogP contribution in [-0.2, 0) is 14.3 Å². The van der Waals surface area contributed by atoms with Crippen molar-refractivity contribution in [3.05, 3.63) is 59.7 Å². The molecule has 2 amide bonds. The zero-order chi connectivity index (χ0) is 24.1. The molecule has 1 fully saturated rings. The van der Waals surface area contributed by atoms with Gasteiger partial charge < -0.3 is 20.1 Å². The van der Waals surface area contributed by atoms with Crippen LogP contribution in [0.3, 0.4) is 0 Å². The number of hydrogen-bond donors (Lipinski definition) is 2. The Kier molecular flexibility index (Phi) is 7.50. The summed E-state index contributed by atoms with van der Waals surface area (Å²) in [6.45, 7) is 2.96. The number of aliphatic carboxylic acids is 1. The number of fused-ring (bicyclic) bond motifs is 3. The molecule has 34 heavy (non-hydrogen) atoms. The predicted octanol–water partition coefficient (Wildman–Crippen LogP) is 4.41. The van der Waals surface area contributed by atoms with E-state index in [9.17, 15) is 19.5 Å². The van der Waals surface area contributed by atoms with Crippen molar-refractivity contribution < 1.29 is 24.2 Å². The molecule has 1 aliphatic carbocycles. The standard InChI is InChI=1S/C27H32N2O5/c1-2-3-8-19(15-25(30)29-14-13-18(16-29)26(31)32)28-27(33)34-17-24-22-11-6-4-9-20(22)21-10-5-7-12-23(21)24/h4-7,9-12,18-19,24H,2-3,8,13-17H2,1H3,(H,28,33)(H,31,32). The summed E-state index contributed by atoms with van der Waals surface area (Å²) in [5.41, 5.74) is 4.64. The van der Waals surface area contributed by atoms with E-state index in [2.05, 4.69) is 36.5 Å². The normalized spacial score (nSPS) is 17.7. The first-order valence-corrected chi connectivity index (χ1v) is 12.1. The van der Waals surface area contributed by atoms with Crippen LogP contribution in [0.4, 0.5) is 4.79 Å². The van der Waals surface area contributed by atoms with Crippen LogP contribution < -0.4 is 5.32 Å². The molecular weight excluding hydrogens is 432 g/mol. The fourth-order valence-electron chi connectivity index (χ4n) is 5.01. The molecule has 1 heterocycles. The van der Waals surface area contributed by atoms with Crippen LogP contribution in [0.2, 0.25) is 0 Å². The van der Waals surface area contributed by atoms with Gasteiger partial charge in [-0.05, 0) is 35.1 Å². The van der Waals surface area contributed by atoms with Crippen LogP contribution in [0.25, 0.3) is 11.1 Å². The lowest BCUT2D eigenvalue weighted by Gasteiger charge is -2.22. The lowest BCUT2D eigenvalue weighted by atomic mass is 9.98. The third-order valence-electron chi connectivity index (χ3n) is 6.88. The SMILES string of the molecule is CCCCC(CC(=O)N1CCC(C(=O)O)C1)NC(=O)OCC1c2ccccc2-c2ccccc21. The van der Waals surface area contributed by atoms with E-state index in [-0.39, 0.29) is 37.4 Å². The van der Waals surface area contributed by atoms with E-state index < -0.39 is 18.0 Å². The molecule has 0 aromatic heterocycles. The number of ether oxygens (including phenoxy) is 1. The lowest BCUT2D eigenvalue weighted by Crippen LogP contribution is -2.41. The number of carboxylic acids is 1. The first kappa shape index (κ1) is 23.8. The van der Waals surface area contributed by atoms with Gasteiger partial charge in [0.15, 0.2) is 0 Å². The number of amides is 2. The lowest BCUT2D eigenvalue weighted by molar-refractivity contribution is -0.141. The van der Waals surface area contributed by atoms with Gasteiger partial charge in [-0.25, -0.2) is 4.79 Å². The molecule has 2 atom stereocenters. The zero-order valence-electron chi connectivity index (χ0n) is 19.5. The molecule has 0 saturated carbocycles. The Morgan fingerprint density at radius 2 is 1.74 bits per heavy atom. The van der Waals surface area contributed by atoms with Gasteiger partial charge in [0.1, 0.15) is 6.61 Å². The highest BCUT2D eigenvalue weighted by Crippen LogP contribution is 2.44. The number of rotatable bonds is 9. The quantitative estimate of drug-likeness (QED) is 0.573. The third-order valence-corrected chi connectivity index (χ3v) is 6.88. The molecule has 4 rings (SSSR count). The minimum absolute atomic E-state index is 0.0218. The fraction of sp³-hybridized carbons (Fsp3) is 0.444. The van der Waals surface area contributed by atoms with Crippen molar-refractivity contribution in [1.29, 1.82) is 0 Å². The summed E-state index contributed by atoms with van der Waals surface area (Å²) in [5.74, 6) is -1.52. The number of carbonyl (C=O) groups is 3. The van der Waals surface area contributed by atoms with Crippen molar-refractivity contribution in [1.82, 2.24) is 10.2 Å². The van der Waals surface area contributed by atoms with Crippen molar-refractivity contribution in [2.45, 2.75) is 51.0 Å². The number of hydrogen-bond acceptors (Lipinski definition) is 4. The highest BCUT2D eigenvalue weighted by molar-refractivity contribution is 5.80. The average Bonchev–Trinajstić information content (AvgIpc) is 3.45. The number of carboxylic acid groups (broad SMARTS) is 1. The van der Waals surface area contributed by atoms with Gasteiger partial charge in [0.25, 0.3) is 0 Å². The maximum atomic E-state index is 12.8. The number of alkyl carbamates (subject to hydrolysis) is 1. The van der Waals surface area contributed by atoms with E-state index >= 15 is 0 Å². The summed E-state index contributed by atoms with van der Waals surface area (Å²) in [5, 5.41) is 12.1. The molecule has 1 aliphatic heterocycles. The van der Waals surface area contributed by atoms with Crippen molar-refractivity contribution >= 4 is 18.0 Å².